The van der Waals surface area contributed by atoms with Gasteiger partial charge in [-0.1, -0.05) is 0 Å². The number of hydrogen-bond donors (Lipinski definition) is 1. The van der Waals surface area contributed by atoms with Gasteiger partial charge in [-0.05, 0) is 38.1 Å². The molecule has 0 spiro atoms. The van der Waals surface area contributed by atoms with Crippen molar-refractivity contribution in [1.29, 1.82) is 0 Å². The third kappa shape index (κ3) is 3.67. The van der Waals surface area contributed by atoms with Gasteiger partial charge in [-0.25, -0.2) is 12.7 Å². The Morgan fingerprint density at radius 3 is 2.37 bits per heavy atom. The third-order valence-electron chi connectivity index (χ3n) is 4.18. The highest BCUT2D eigenvalue weighted by molar-refractivity contribution is 7.88. The normalized spacial score (nSPS) is 27.7. The van der Waals surface area contributed by atoms with Crippen molar-refractivity contribution in [2.45, 2.75) is 31.7 Å². The summed E-state index contributed by atoms with van der Waals surface area (Å²) in [6, 6.07) is -0.340. The largest absolute Gasteiger partial charge is 0.480 e. The molecule has 2 saturated heterocycles. The molecule has 2 aliphatic heterocycles. The Labute approximate surface area is 114 Å². The molecule has 0 bridgehead atoms. The lowest BCUT2D eigenvalue weighted by atomic mass is 9.97. The summed E-state index contributed by atoms with van der Waals surface area (Å²) >= 11 is 0. The molecule has 0 aromatic heterocycles. The molecule has 1 N–H and O–H groups in total. The zero-order valence-corrected chi connectivity index (χ0v) is 12.1. The summed E-state index contributed by atoms with van der Waals surface area (Å²) in [4.78, 5) is 13.2. The highest BCUT2D eigenvalue weighted by atomic mass is 32.2. The molecular weight excluding hydrogens is 268 g/mol. The predicted octanol–water partition coefficient (Wildman–Crippen LogP) is 0.207. The molecule has 0 aromatic rings. The number of carbonyl (C=O) groups is 1. The Hall–Kier alpha value is -0.660. The summed E-state index contributed by atoms with van der Waals surface area (Å²) in [5, 5.41) is 9.13. The molecule has 0 aliphatic carbocycles. The number of nitrogens with zero attached hydrogens (tertiary/aromatic N) is 2. The van der Waals surface area contributed by atoms with E-state index in [9.17, 15) is 13.2 Å². The van der Waals surface area contributed by atoms with E-state index in [-0.39, 0.29) is 6.04 Å². The van der Waals surface area contributed by atoms with E-state index in [0.717, 1.165) is 38.8 Å². The number of piperidine rings is 1. The van der Waals surface area contributed by atoms with E-state index in [4.69, 9.17) is 5.11 Å². The number of sulfonamides is 1. The van der Waals surface area contributed by atoms with Crippen molar-refractivity contribution in [2.75, 3.05) is 32.4 Å². The summed E-state index contributed by atoms with van der Waals surface area (Å²) < 4.78 is 24.3. The van der Waals surface area contributed by atoms with Crippen molar-refractivity contribution in [3.05, 3.63) is 0 Å². The zero-order valence-electron chi connectivity index (χ0n) is 11.3. The molecule has 110 valence electrons. The van der Waals surface area contributed by atoms with Gasteiger partial charge in [0.15, 0.2) is 0 Å². The number of carboxylic acids is 1. The van der Waals surface area contributed by atoms with Crippen LogP contribution in [-0.4, -0.2) is 67.2 Å². The van der Waals surface area contributed by atoms with E-state index in [1.807, 2.05) is 4.90 Å². The standard InChI is InChI=1S/C12H22N2O4S/c1-19(17,18)14-7-4-10(5-8-14)9-13-6-2-3-11(13)12(15)16/h10-11H,2-9H2,1H3,(H,15,16). The number of aliphatic carboxylic acids is 1. The molecular formula is C12H22N2O4S. The minimum absolute atomic E-state index is 0.340. The first kappa shape index (κ1) is 14.7. The van der Waals surface area contributed by atoms with Crippen LogP contribution in [0.3, 0.4) is 0 Å². The fourth-order valence-corrected chi connectivity index (χ4v) is 3.95. The summed E-state index contributed by atoms with van der Waals surface area (Å²) in [6.07, 6.45) is 4.58. The van der Waals surface area contributed by atoms with E-state index in [1.165, 1.54) is 10.6 Å². The van der Waals surface area contributed by atoms with Crippen LogP contribution in [0.15, 0.2) is 0 Å². The summed E-state index contributed by atoms with van der Waals surface area (Å²) in [5.41, 5.74) is 0. The highest BCUT2D eigenvalue weighted by Gasteiger charge is 2.33. The molecule has 19 heavy (non-hydrogen) atoms. The highest BCUT2D eigenvalue weighted by Crippen LogP contribution is 2.24. The Bertz CT molecular complexity index is 429. The average Bonchev–Trinajstić information content (AvgIpc) is 2.77. The maximum atomic E-state index is 11.4. The van der Waals surface area contributed by atoms with Crippen LogP contribution in [0.25, 0.3) is 0 Å². The van der Waals surface area contributed by atoms with Crippen LogP contribution in [0.5, 0.6) is 0 Å². The second kappa shape index (κ2) is 5.76. The van der Waals surface area contributed by atoms with Gasteiger partial charge < -0.3 is 5.11 Å². The molecule has 2 aliphatic rings. The second-order valence-corrected chi connectivity index (χ2v) is 7.58. The first-order valence-corrected chi connectivity index (χ1v) is 8.64. The first-order chi connectivity index (χ1) is 8.88. The smallest absolute Gasteiger partial charge is 0.320 e. The van der Waals surface area contributed by atoms with Crippen molar-refractivity contribution in [3.8, 4) is 0 Å². The summed E-state index contributed by atoms with van der Waals surface area (Å²) in [7, 11) is -3.08. The van der Waals surface area contributed by atoms with E-state index in [0.29, 0.717) is 19.0 Å². The van der Waals surface area contributed by atoms with Gasteiger partial charge in [-0.3, -0.25) is 9.69 Å². The molecule has 0 amide bonds. The molecule has 2 fully saturated rings. The molecule has 2 heterocycles. The van der Waals surface area contributed by atoms with Crippen molar-refractivity contribution in [2.24, 2.45) is 5.92 Å². The Balaban J connectivity index is 1.84. The number of rotatable bonds is 4. The minimum atomic E-state index is -3.08. The van der Waals surface area contributed by atoms with E-state index in [1.54, 1.807) is 0 Å². The molecule has 0 saturated carbocycles. The van der Waals surface area contributed by atoms with Crippen molar-refractivity contribution < 1.29 is 18.3 Å². The van der Waals surface area contributed by atoms with E-state index in [2.05, 4.69) is 0 Å². The first-order valence-electron chi connectivity index (χ1n) is 6.80. The third-order valence-corrected chi connectivity index (χ3v) is 5.49. The second-order valence-electron chi connectivity index (χ2n) is 5.60. The van der Waals surface area contributed by atoms with Gasteiger partial charge in [0.05, 0.1) is 6.26 Å². The number of likely N-dealkylation sites (tertiary alicyclic amines) is 1. The maximum Gasteiger partial charge on any atom is 0.320 e. The molecule has 7 heteroatoms. The quantitative estimate of drug-likeness (QED) is 0.800. The van der Waals surface area contributed by atoms with Gasteiger partial charge in [0, 0.05) is 19.6 Å². The topological polar surface area (TPSA) is 77.9 Å². The lowest BCUT2D eigenvalue weighted by molar-refractivity contribution is -0.142. The molecule has 6 nitrogen and oxygen atoms in total. The number of hydrogen-bond acceptors (Lipinski definition) is 4. The monoisotopic (exact) mass is 290 g/mol. The molecule has 1 unspecified atom stereocenters. The Morgan fingerprint density at radius 1 is 1.21 bits per heavy atom. The van der Waals surface area contributed by atoms with Crippen molar-refractivity contribution in [3.63, 3.8) is 0 Å². The van der Waals surface area contributed by atoms with Crippen LogP contribution in [0.1, 0.15) is 25.7 Å². The molecule has 0 radical (unpaired) electrons. The zero-order chi connectivity index (χ0) is 14.0. The van der Waals surface area contributed by atoms with Crippen LogP contribution >= 0.6 is 0 Å². The van der Waals surface area contributed by atoms with E-state index < -0.39 is 16.0 Å². The Morgan fingerprint density at radius 2 is 1.84 bits per heavy atom. The van der Waals surface area contributed by atoms with Gasteiger partial charge in [-0.2, -0.15) is 0 Å². The summed E-state index contributed by atoms with van der Waals surface area (Å²) in [5.74, 6) is -0.316. The molecule has 0 aromatic carbocycles. The Kier molecular flexibility index (Phi) is 4.47. The average molecular weight is 290 g/mol. The van der Waals surface area contributed by atoms with Gasteiger partial charge in [0.1, 0.15) is 6.04 Å². The lowest BCUT2D eigenvalue weighted by Gasteiger charge is -2.33. The number of carboxylic acid groups (broad SMARTS) is 1. The van der Waals surface area contributed by atoms with Crippen molar-refractivity contribution in [1.82, 2.24) is 9.21 Å². The van der Waals surface area contributed by atoms with Gasteiger partial charge in [0.2, 0.25) is 10.0 Å². The van der Waals surface area contributed by atoms with Crippen LogP contribution < -0.4 is 0 Å². The van der Waals surface area contributed by atoms with Crippen LogP contribution in [0.4, 0.5) is 0 Å². The van der Waals surface area contributed by atoms with Crippen molar-refractivity contribution >= 4 is 16.0 Å². The van der Waals surface area contributed by atoms with Crippen LogP contribution in [0, 0.1) is 5.92 Å². The lowest BCUT2D eigenvalue weighted by Crippen LogP contribution is -2.43. The summed E-state index contributed by atoms with van der Waals surface area (Å²) in [6.45, 7) is 2.77. The fourth-order valence-electron chi connectivity index (χ4n) is 3.08. The van der Waals surface area contributed by atoms with Gasteiger partial charge in [0.25, 0.3) is 0 Å². The maximum absolute atomic E-state index is 11.4. The van der Waals surface area contributed by atoms with Gasteiger partial charge >= 0.3 is 5.97 Å². The molecule has 1 atom stereocenters. The molecule has 2 rings (SSSR count). The fraction of sp³-hybridized carbons (Fsp3) is 0.917. The SMILES string of the molecule is CS(=O)(=O)N1CCC(CN2CCCC2C(=O)O)CC1. The van der Waals surface area contributed by atoms with Crippen LogP contribution in [0.2, 0.25) is 0 Å². The minimum Gasteiger partial charge on any atom is -0.480 e. The van der Waals surface area contributed by atoms with Crippen LogP contribution in [-0.2, 0) is 14.8 Å². The van der Waals surface area contributed by atoms with Gasteiger partial charge in [-0.15, -0.1) is 0 Å². The predicted molar refractivity (Wildman–Crippen MR) is 71.4 cm³/mol. The van der Waals surface area contributed by atoms with E-state index >= 15 is 0 Å².